The number of hydrogen-bond acceptors (Lipinski definition) is 3. The van der Waals surface area contributed by atoms with Crippen molar-refractivity contribution >= 4 is 10.9 Å². The summed E-state index contributed by atoms with van der Waals surface area (Å²) in [6.45, 7) is 2.13. The van der Waals surface area contributed by atoms with Crippen LogP contribution in [0.4, 0.5) is 0 Å². The molecule has 1 aliphatic heterocycles. The molecule has 1 atom stereocenters. The van der Waals surface area contributed by atoms with Crippen molar-refractivity contribution in [3.63, 3.8) is 0 Å². The lowest BCUT2D eigenvalue weighted by molar-refractivity contribution is 0.388. The Morgan fingerprint density at radius 3 is 2.54 bits per heavy atom. The van der Waals surface area contributed by atoms with Gasteiger partial charge < -0.3 is 9.47 Å². The second-order valence-electron chi connectivity index (χ2n) is 5.79. The fourth-order valence-electron chi connectivity index (χ4n) is 3.23. The van der Waals surface area contributed by atoms with E-state index in [1.54, 1.807) is 14.2 Å². The Labute approximate surface area is 144 Å². The smallest absolute Gasteiger partial charge is 0.135 e. The van der Waals surface area contributed by atoms with Crippen LogP contribution in [0, 0.1) is 6.92 Å². The summed E-state index contributed by atoms with van der Waals surface area (Å²) in [6.07, 6.45) is 3.78. The first-order chi connectivity index (χ1) is 11.7. The molecule has 0 aliphatic carbocycles. The molecule has 0 fully saturated rings. The maximum Gasteiger partial charge on any atom is 0.135 e. The second kappa shape index (κ2) is 5.87. The SMILES string of the molecule is COc1cc(OC)c2c(c1)-c1cc(C)ccc1[SH]2c1cccnc1. The third-order valence-electron chi connectivity index (χ3n) is 4.31. The molecule has 4 rings (SSSR count). The van der Waals surface area contributed by atoms with Crippen LogP contribution in [0.2, 0.25) is 0 Å². The van der Waals surface area contributed by atoms with E-state index in [-0.39, 0.29) is 0 Å². The molecule has 0 radical (unpaired) electrons. The van der Waals surface area contributed by atoms with Crippen molar-refractivity contribution in [2.45, 2.75) is 21.6 Å². The highest BCUT2D eigenvalue weighted by Gasteiger charge is 2.31. The third kappa shape index (κ3) is 2.26. The quantitative estimate of drug-likeness (QED) is 0.541. The number of thiol groups is 1. The summed E-state index contributed by atoms with van der Waals surface area (Å²) in [6, 6.07) is 14.9. The van der Waals surface area contributed by atoms with Gasteiger partial charge in [0.05, 0.1) is 14.2 Å². The topological polar surface area (TPSA) is 31.4 Å². The molecule has 0 spiro atoms. The minimum absolute atomic E-state index is 0.671. The van der Waals surface area contributed by atoms with E-state index < -0.39 is 10.9 Å². The zero-order valence-corrected chi connectivity index (χ0v) is 14.8. The van der Waals surface area contributed by atoms with Gasteiger partial charge in [-0.05, 0) is 36.8 Å². The number of aryl methyl sites for hydroxylation is 1. The van der Waals surface area contributed by atoms with Crippen LogP contribution < -0.4 is 9.47 Å². The Kier molecular flexibility index (Phi) is 3.69. The number of rotatable bonds is 3. The number of nitrogens with zero attached hydrogens (tertiary/aromatic N) is 1. The molecule has 24 heavy (non-hydrogen) atoms. The van der Waals surface area contributed by atoms with Crippen LogP contribution in [0.3, 0.4) is 0 Å². The van der Waals surface area contributed by atoms with E-state index in [2.05, 4.69) is 42.2 Å². The summed E-state index contributed by atoms with van der Waals surface area (Å²) in [7, 11) is 2.74. The van der Waals surface area contributed by atoms with E-state index in [0.717, 1.165) is 11.5 Å². The summed E-state index contributed by atoms with van der Waals surface area (Å²) < 4.78 is 11.2. The molecule has 0 amide bonds. The van der Waals surface area contributed by atoms with Crippen LogP contribution in [0.1, 0.15) is 5.56 Å². The Balaban J connectivity index is 2.05. The minimum Gasteiger partial charge on any atom is -0.497 e. The fourth-order valence-corrected chi connectivity index (χ4v) is 5.87. The van der Waals surface area contributed by atoms with Gasteiger partial charge in [0.25, 0.3) is 0 Å². The molecule has 3 aromatic rings. The van der Waals surface area contributed by atoms with Crippen LogP contribution in [-0.2, 0) is 0 Å². The Hall–Kier alpha value is -2.46. The normalized spacial score (nSPS) is 16.4. The van der Waals surface area contributed by atoms with Gasteiger partial charge in [-0.15, -0.1) is 0 Å². The maximum atomic E-state index is 5.73. The molecule has 0 saturated heterocycles. The van der Waals surface area contributed by atoms with Gasteiger partial charge >= 0.3 is 0 Å². The monoisotopic (exact) mass is 337 g/mol. The van der Waals surface area contributed by atoms with E-state index in [1.807, 2.05) is 24.5 Å². The molecular weight excluding hydrogens is 318 g/mol. The van der Waals surface area contributed by atoms with Gasteiger partial charge in [0.15, 0.2) is 0 Å². The molecule has 0 N–H and O–H groups in total. The lowest BCUT2D eigenvalue weighted by Gasteiger charge is -2.21. The van der Waals surface area contributed by atoms with E-state index in [4.69, 9.17) is 9.47 Å². The zero-order valence-electron chi connectivity index (χ0n) is 13.9. The van der Waals surface area contributed by atoms with Crippen molar-refractivity contribution in [1.29, 1.82) is 0 Å². The van der Waals surface area contributed by atoms with Crippen molar-refractivity contribution in [2.75, 3.05) is 14.2 Å². The highest BCUT2D eigenvalue weighted by molar-refractivity contribution is 8.17. The maximum absolute atomic E-state index is 5.73. The Bertz CT molecular complexity index is 909. The molecule has 1 aromatic heterocycles. The van der Waals surface area contributed by atoms with Gasteiger partial charge in [-0.3, -0.25) is 4.98 Å². The molecule has 1 unspecified atom stereocenters. The highest BCUT2D eigenvalue weighted by atomic mass is 32.2. The summed E-state index contributed by atoms with van der Waals surface area (Å²) in [5, 5.41) is 0. The van der Waals surface area contributed by atoms with E-state index >= 15 is 0 Å². The van der Waals surface area contributed by atoms with Crippen molar-refractivity contribution in [3.8, 4) is 22.6 Å². The van der Waals surface area contributed by atoms with E-state index in [1.165, 1.54) is 31.4 Å². The van der Waals surface area contributed by atoms with Crippen LogP contribution in [0.5, 0.6) is 11.5 Å². The predicted octanol–water partition coefficient (Wildman–Crippen LogP) is 4.87. The standard InChI is InChI=1S/C20H19NO2S/c1-13-6-7-19-16(9-13)17-10-14(22-2)11-18(23-3)20(17)24(19)15-5-4-8-21-12-15/h4-12,24H,1-3H3. The van der Waals surface area contributed by atoms with Crippen molar-refractivity contribution in [2.24, 2.45) is 0 Å². The van der Waals surface area contributed by atoms with Gasteiger partial charge in [-0.1, -0.05) is 17.7 Å². The summed E-state index contributed by atoms with van der Waals surface area (Å²) in [4.78, 5) is 8.17. The van der Waals surface area contributed by atoms with Crippen LogP contribution in [-0.4, -0.2) is 19.2 Å². The summed E-state index contributed by atoms with van der Waals surface area (Å²) in [5.41, 5.74) is 3.74. The Morgan fingerprint density at radius 2 is 1.83 bits per heavy atom. The third-order valence-corrected chi connectivity index (χ3v) is 6.88. The van der Waals surface area contributed by atoms with Crippen LogP contribution in [0.15, 0.2) is 69.5 Å². The first-order valence-corrected chi connectivity index (χ1v) is 9.14. The Morgan fingerprint density at radius 1 is 0.958 bits per heavy atom. The van der Waals surface area contributed by atoms with E-state index in [9.17, 15) is 0 Å². The molecule has 122 valence electrons. The molecule has 3 nitrogen and oxygen atoms in total. The first kappa shape index (κ1) is 15.1. The number of aromatic nitrogens is 1. The van der Waals surface area contributed by atoms with Gasteiger partial charge in [0, 0.05) is 38.7 Å². The van der Waals surface area contributed by atoms with Gasteiger partial charge in [0.1, 0.15) is 11.5 Å². The van der Waals surface area contributed by atoms with Crippen LogP contribution >= 0.6 is 10.9 Å². The number of ether oxygens (including phenoxy) is 2. The molecule has 2 aromatic carbocycles. The van der Waals surface area contributed by atoms with Crippen molar-refractivity contribution in [3.05, 3.63) is 60.4 Å². The molecule has 0 saturated carbocycles. The average molecular weight is 337 g/mol. The fraction of sp³-hybridized carbons (Fsp3) is 0.150. The van der Waals surface area contributed by atoms with Gasteiger partial charge in [-0.25, -0.2) is 0 Å². The predicted molar refractivity (Wildman–Crippen MR) is 97.7 cm³/mol. The van der Waals surface area contributed by atoms with Crippen molar-refractivity contribution < 1.29 is 9.47 Å². The largest absolute Gasteiger partial charge is 0.497 e. The number of hydrogen-bond donors (Lipinski definition) is 1. The molecule has 0 bridgehead atoms. The molecular formula is C20H19NO2S. The number of methoxy groups -OCH3 is 2. The highest BCUT2D eigenvalue weighted by Crippen LogP contribution is 2.65. The molecule has 1 aliphatic rings. The number of fused-ring (bicyclic) bond motifs is 3. The van der Waals surface area contributed by atoms with Gasteiger partial charge in [-0.2, -0.15) is 10.9 Å². The number of benzene rings is 2. The van der Waals surface area contributed by atoms with E-state index in [0.29, 0.717) is 0 Å². The first-order valence-electron chi connectivity index (χ1n) is 7.80. The van der Waals surface area contributed by atoms with Gasteiger partial charge in [0.2, 0.25) is 0 Å². The second-order valence-corrected chi connectivity index (χ2v) is 7.91. The molecule has 2 heterocycles. The van der Waals surface area contributed by atoms with Crippen molar-refractivity contribution in [1.82, 2.24) is 4.98 Å². The number of pyridine rings is 1. The minimum atomic E-state index is -0.671. The lowest BCUT2D eigenvalue weighted by Crippen LogP contribution is -1.92. The zero-order chi connectivity index (χ0) is 16.7. The lowest BCUT2D eigenvalue weighted by atomic mass is 10.0. The van der Waals surface area contributed by atoms with Crippen LogP contribution in [0.25, 0.3) is 11.1 Å². The summed E-state index contributed by atoms with van der Waals surface area (Å²) >= 11 is 0. The average Bonchev–Trinajstić information content (AvgIpc) is 2.95. The molecule has 4 heteroatoms. The summed E-state index contributed by atoms with van der Waals surface area (Å²) in [5.74, 6) is 1.70.